The molecule has 0 N–H and O–H groups in total. The number of fused-ring (bicyclic) bond motifs is 2. The van der Waals surface area contributed by atoms with Gasteiger partial charge in [0.2, 0.25) is 0 Å². The molecule has 0 saturated heterocycles. The summed E-state index contributed by atoms with van der Waals surface area (Å²) in [7, 11) is 0. The number of hydrogen-bond donors (Lipinski definition) is 0. The Hall–Kier alpha value is -4.89. The standard InChI is InChI=1S/C34H24N2O/c1-3-9-24(10-4-1)21-25-15-20-33-29(22-25)30(23-37-33)34-35-31-13-7-8-14-32(31)36(34)28-18-16-27(17-19-28)26-11-5-2-6-12-26/h1-20,22-23H,21H2/i21D2. The lowest BCUT2D eigenvalue weighted by molar-refractivity contribution is 0.616. The van der Waals surface area contributed by atoms with E-state index in [0.29, 0.717) is 16.7 Å². The van der Waals surface area contributed by atoms with Crippen molar-refractivity contribution in [2.24, 2.45) is 0 Å². The molecule has 0 aliphatic rings. The van der Waals surface area contributed by atoms with Crippen molar-refractivity contribution in [3.8, 4) is 28.2 Å². The first-order valence-corrected chi connectivity index (χ1v) is 12.3. The van der Waals surface area contributed by atoms with Gasteiger partial charge in [-0.1, -0.05) is 91.0 Å². The lowest BCUT2D eigenvalue weighted by Gasteiger charge is -2.10. The van der Waals surface area contributed by atoms with E-state index in [0.717, 1.165) is 39.1 Å². The molecular formula is C34H24N2O. The average Bonchev–Trinajstić information content (AvgIpc) is 3.59. The van der Waals surface area contributed by atoms with Crippen LogP contribution in [0.15, 0.2) is 138 Å². The molecule has 2 heterocycles. The van der Waals surface area contributed by atoms with Crippen LogP contribution in [0, 0.1) is 0 Å². The second-order valence-corrected chi connectivity index (χ2v) is 9.02. The van der Waals surface area contributed by atoms with Crippen LogP contribution in [0.3, 0.4) is 0 Å². The molecule has 0 fully saturated rings. The Morgan fingerprint density at radius 3 is 2.19 bits per heavy atom. The molecule has 0 bridgehead atoms. The molecule has 0 saturated carbocycles. The number of benzene rings is 5. The third kappa shape index (κ3) is 3.91. The lowest BCUT2D eigenvalue weighted by atomic mass is 10.0. The van der Waals surface area contributed by atoms with Crippen molar-refractivity contribution in [1.29, 1.82) is 0 Å². The Labute approximate surface area is 218 Å². The number of rotatable bonds is 5. The van der Waals surface area contributed by atoms with Crippen LogP contribution in [0.4, 0.5) is 0 Å². The smallest absolute Gasteiger partial charge is 0.149 e. The van der Waals surface area contributed by atoms with Gasteiger partial charge < -0.3 is 4.42 Å². The van der Waals surface area contributed by atoms with E-state index in [1.807, 2.05) is 78.9 Å². The van der Waals surface area contributed by atoms with Crippen molar-refractivity contribution >= 4 is 22.0 Å². The zero-order valence-electron chi connectivity index (χ0n) is 22.0. The fourth-order valence-corrected chi connectivity index (χ4v) is 4.87. The van der Waals surface area contributed by atoms with Crippen LogP contribution >= 0.6 is 0 Å². The number of furan rings is 1. The molecular weight excluding hydrogens is 452 g/mol. The van der Waals surface area contributed by atoms with Gasteiger partial charge in [0.15, 0.2) is 0 Å². The highest BCUT2D eigenvalue weighted by Crippen LogP contribution is 2.35. The second-order valence-electron chi connectivity index (χ2n) is 9.02. The molecule has 0 aliphatic carbocycles. The van der Waals surface area contributed by atoms with Crippen LogP contribution in [0.2, 0.25) is 0 Å². The minimum Gasteiger partial charge on any atom is -0.464 e. The Morgan fingerprint density at radius 2 is 1.38 bits per heavy atom. The minimum atomic E-state index is -1.66. The topological polar surface area (TPSA) is 31.0 Å². The predicted octanol–water partition coefficient (Wildman–Crippen LogP) is 8.70. The monoisotopic (exact) mass is 478 g/mol. The molecule has 7 rings (SSSR count). The molecule has 0 amide bonds. The van der Waals surface area contributed by atoms with E-state index in [9.17, 15) is 0 Å². The van der Waals surface area contributed by atoms with Crippen LogP contribution in [-0.2, 0) is 6.37 Å². The zero-order chi connectivity index (χ0) is 26.4. The molecule has 3 nitrogen and oxygen atoms in total. The van der Waals surface area contributed by atoms with Crippen molar-refractivity contribution in [1.82, 2.24) is 9.55 Å². The predicted molar refractivity (Wildman–Crippen MR) is 151 cm³/mol. The van der Waals surface area contributed by atoms with E-state index in [1.165, 1.54) is 5.56 Å². The van der Waals surface area contributed by atoms with Crippen molar-refractivity contribution in [2.75, 3.05) is 0 Å². The summed E-state index contributed by atoms with van der Waals surface area (Å²) in [5.74, 6) is 0.750. The summed E-state index contributed by atoms with van der Waals surface area (Å²) in [4.78, 5) is 5.02. The molecule has 0 aliphatic heterocycles. The number of nitrogens with zero attached hydrogens (tertiary/aromatic N) is 2. The summed E-state index contributed by atoms with van der Waals surface area (Å²) in [6.45, 7) is 0. The number of aromatic nitrogens is 2. The van der Waals surface area contributed by atoms with Crippen molar-refractivity contribution in [3.05, 3.63) is 145 Å². The first kappa shape index (κ1) is 19.3. The minimum absolute atomic E-state index is 0.568. The Kier molecular flexibility index (Phi) is 4.68. The van der Waals surface area contributed by atoms with Gasteiger partial charge in [0.1, 0.15) is 17.7 Å². The summed E-state index contributed by atoms with van der Waals surface area (Å²) in [6.07, 6.45) is 0.0694. The SMILES string of the molecule is [2H]C([2H])(c1ccccc1)c1ccc2occ(-c3nc4ccccc4n3-c3ccc(-c4ccccc4)cc3)c2c1. The van der Waals surface area contributed by atoms with Gasteiger partial charge in [0, 0.05) is 13.8 Å². The molecule has 176 valence electrons. The maximum Gasteiger partial charge on any atom is 0.149 e. The van der Waals surface area contributed by atoms with Gasteiger partial charge in [-0.2, -0.15) is 0 Å². The summed E-state index contributed by atoms with van der Waals surface area (Å²) in [5, 5.41) is 0.824. The van der Waals surface area contributed by atoms with E-state index < -0.39 is 6.37 Å². The lowest BCUT2D eigenvalue weighted by Crippen LogP contribution is -1.97. The Morgan fingerprint density at radius 1 is 0.676 bits per heavy atom. The highest BCUT2D eigenvalue weighted by atomic mass is 16.3. The van der Waals surface area contributed by atoms with Crippen LogP contribution in [0.5, 0.6) is 0 Å². The third-order valence-electron chi connectivity index (χ3n) is 6.67. The highest BCUT2D eigenvalue weighted by Gasteiger charge is 2.19. The summed E-state index contributed by atoms with van der Waals surface area (Å²) >= 11 is 0. The summed E-state index contributed by atoms with van der Waals surface area (Å²) in [5.41, 5.74) is 7.86. The van der Waals surface area contributed by atoms with Crippen LogP contribution in [0.1, 0.15) is 13.9 Å². The molecule has 5 aromatic carbocycles. The van der Waals surface area contributed by atoms with Crippen molar-refractivity contribution in [2.45, 2.75) is 6.37 Å². The molecule has 0 radical (unpaired) electrons. The molecule has 0 spiro atoms. The molecule has 7 aromatic rings. The summed E-state index contributed by atoms with van der Waals surface area (Å²) in [6, 6.07) is 41.7. The van der Waals surface area contributed by atoms with Gasteiger partial charge in [-0.05, 0) is 65.0 Å². The normalized spacial score (nSPS) is 12.5. The Balaban J connectivity index is 1.39. The molecule has 2 aromatic heterocycles. The van der Waals surface area contributed by atoms with Gasteiger partial charge in [0.05, 0.1) is 16.6 Å². The molecule has 37 heavy (non-hydrogen) atoms. The first-order chi connectivity index (χ1) is 19.1. The van der Waals surface area contributed by atoms with Gasteiger partial charge >= 0.3 is 0 Å². The Bertz CT molecular complexity index is 1920. The van der Waals surface area contributed by atoms with Crippen LogP contribution in [0.25, 0.3) is 50.2 Å². The highest BCUT2D eigenvalue weighted by molar-refractivity contribution is 5.95. The van der Waals surface area contributed by atoms with E-state index in [1.54, 1.807) is 12.3 Å². The van der Waals surface area contributed by atoms with Crippen molar-refractivity contribution < 1.29 is 7.16 Å². The number of imidazole rings is 1. The zero-order valence-corrected chi connectivity index (χ0v) is 20.0. The van der Waals surface area contributed by atoms with Crippen LogP contribution in [-0.4, -0.2) is 9.55 Å². The van der Waals surface area contributed by atoms with Crippen LogP contribution < -0.4 is 0 Å². The van der Waals surface area contributed by atoms with Crippen molar-refractivity contribution in [3.63, 3.8) is 0 Å². The number of hydrogen-bond acceptors (Lipinski definition) is 2. The molecule has 3 heteroatoms. The fraction of sp³-hybridized carbons (Fsp3) is 0.0294. The van der Waals surface area contributed by atoms with E-state index in [4.69, 9.17) is 12.1 Å². The van der Waals surface area contributed by atoms with E-state index >= 15 is 0 Å². The largest absolute Gasteiger partial charge is 0.464 e. The molecule has 0 atom stereocenters. The van der Waals surface area contributed by atoms with Gasteiger partial charge in [-0.15, -0.1) is 0 Å². The quantitative estimate of drug-likeness (QED) is 0.248. The third-order valence-corrected chi connectivity index (χ3v) is 6.67. The van der Waals surface area contributed by atoms with E-state index in [2.05, 4.69) is 47.0 Å². The van der Waals surface area contributed by atoms with Gasteiger partial charge in [0.25, 0.3) is 0 Å². The van der Waals surface area contributed by atoms with Gasteiger partial charge in [-0.3, -0.25) is 4.57 Å². The maximum atomic E-state index is 8.88. The fourth-order valence-electron chi connectivity index (χ4n) is 4.87. The number of para-hydroxylation sites is 2. The van der Waals surface area contributed by atoms with E-state index in [-0.39, 0.29) is 0 Å². The molecule has 0 unspecified atom stereocenters. The first-order valence-electron chi connectivity index (χ1n) is 13.3. The average molecular weight is 479 g/mol. The van der Waals surface area contributed by atoms with Gasteiger partial charge in [-0.25, -0.2) is 4.98 Å². The summed E-state index contributed by atoms with van der Waals surface area (Å²) < 4.78 is 25.9. The second kappa shape index (κ2) is 8.96. The maximum absolute atomic E-state index is 8.88.